The highest BCUT2D eigenvalue weighted by Crippen LogP contribution is 2.25. The highest BCUT2D eigenvalue weighted by Gasteiger charge is 2.44. The molecule has 0 bridgehead atoms. The fraction of sp³-hybridized carbons (Fsp3) is 0.538. The third-order valence-electron chi connectivity index (χ3n) is 2.99. The van der Waals surface area contributed by atoms with Crippen LogP contribution < -0.4 is 0 Å². The van der Waals surface area contributed by atoms with Crippen molar-refractivity contribution in [1.82, 2.24) is 0 Å². The van der Waals surface area contributed by atoms with E-state index in [1.807, 2.05) is 30.3 Å². The summed E-state index contributed by atoms with van der Waals surface area (Å²) in [6.45, 7) is 0.148. The Morgan fingerprint density at radius 2 is 2.00 bits per heavy atom. The standard InChI is InChI=1S/C13H18O5/c1-16-13-11(15)12(10(7-14)18-13)17-8-9-5-3-2-4-6-9/h2-6,10-15H,7-8H2,1H3/t10-,11-,12+,13?/m1/s1. The van der Waals surface area contributed by atoms with E-state index in [4.69, 9.17) is 14.2 Å². The van der Waals surface area contributed by atoms with Gasteiger partial charge >= 0.3 is 0 Å². The van der Waals surface area contributed by atoms with Crippen LogP contribution in [0, 0.1) is 0 Å². The summed E-state index contributed by atoms with van der Waals surface area (Å²) in [5, 5.41) is 19.1. The van der Waals surface area contributed by atoms with Gasteiger partial charge in [0.1, 0.15) is 18.3 Å². The number of methoxy groups -OCH3 is 1. The van der Waals surface area contributed by atoms with Crippen LogP contribution in [0.25, 0.3) is 0 Å². The van der Waals surface area contributed by atoms with Crippen LogP contribution in [0.1, 0.15) is 5.56 Å². The van der Waals surface area contributed by atoms with Crippen LogP contribution in [-0.2, 0) is 20.8 Å². The molecule has 2 N–H and O–H groups in total. The number of benzene rings is 1. The Hall–Kier alpha value is -0.980. The zero-order chi connectivity index (χ0) is 13.0. The monoisotopic (exact) mass is 254 g/mol. The van der Waals surface area contributed by atoms with Crippen molar-refractivity contribution in [3.05, 3.63) is 35.9 Å². The van der Waals surface area contributed by atoms with Gasteiger partial charge in [-0.1, -0.05) is 30.3 Å². The quantitative estimate of drug-likeness (QED) is 0.791. The second kappa shape index (κ2) is 6.26. The SMILES string of the molecule is COC1O[C@H](CO)[C@H](OCc2ccccc2)[C@H]1O. The summed E-state index contributed by atoms with van der Waals surface area (Å²) in [6, 6.07) is 9.63. The van der Waals surface area contributed by atoms with Crippen molar-refractivity contribution in [3.8, 4) is 0 Å². The van der Waals surface area contributed by atoms with Crippen LogP contribution >= 0.6 is 0 Å². The topological polar surface area (TPSA) is 68.2 Å². The average Bonchev–Trinajstić information content (AvgIpc) is 2.73. The van der Waals surface area contributed by atoms with Gasteiger partial charge in [-0.3, -0.25) is 0 Å². The highest BCUT2D eigenvalue weighted by molar-refractivity contribution is 5.13. The van der Waals surface area contributed by atoms with Crippen LogP contribution in [0.5, 0.6) is 0 Å². The Labute approximate surface area is 106 Å². The smallest absolute Gasteiger partial charge is 0.186 e. The molecule has 1 aromatic carbocycles. The van der Waals surface area contributed by atoms with Gasteiger partial charge in [0.05, 0.1) is 13.2 Å². The van der Waals surface area contributed by atoms with E-state index in [1.165, 1.54) is 7.11 Å². The molecule has 2 rings (SSSR count). The third-order valence-corrected chi connectivity index (χ3v) is 2.99. The van der Waals surface area contributed by atoms with Gasteiger partial charge < -0.3 is 24.4 Å². The molecule has 4 atom stereocenters. The van der Waals surface area contributed by atoms with Gasteiger partial charge in [-0.15, -0.1) is 0 Å². The van der Waals surface area contributed by atoms with Crippen molar-refractivity contribution in [1.29, 1.82) is 0 Å². The molecule has 5 nitrogen and oxygen atoms in total. The molecule has 1 unspecified atom stereocenters. The minimum absolute atomic E-state index is 0.212. The zero-order valence-corrected chi connectivity index (χ0v) is 10.2. The summed E-state index contributed by atoms with van der Waals surface area (Å²) in [7, 11) is 1.45. The summed E-state index contributed by atoms with van der Waals surface area (Å²) in [5.74, 6) is 0. The Bertz CT molecular complexity index is 354. The van der Waals surface area contributed by atoms with Crippen LogP contribution in [0.4, 0.5) is 0 Å². The summed E-state index contributed by atoms with van der Waals surface area (Å²) >= 11 is 0. The Morgan fingerprint density at radius 1 is 1.28 bits per heavy atom. The lowest BCUT2D eigenvalue weighted by Crippen LogP contribution is -2.36. The molecule has 1 fully saturated rings. The summed E-state index contributed by atoms with van der Waals surface area (Å²) in [4.78, 5) is 0. The predicted molar refractivity (Wildman–Crippen MR) is 63.8 cm³/mol. The Morgan fingerprint density at radius 3 is 2.61 bits per heavy atom. The first-order chi connectivity index (χ1) is 8.76. The normalized spacial score (nSPS) is 31.7. The van der Waals surface area contributed by atoms with Gasteiger partial charge in [-0.05, 0) is 5.56 Å². The largest absolute Gasteiger partial charge is 0.394 e. The average molecular weight is 254 g/mol. The van der Waals surface area contributed by atoms with Crippen molar-refractivity contribution in [2.24, 2.45) is 0 Å². The minimum Gasteiger partial charge on any atom is -0.394 e. The van der Waals surface area contributed by atoms with Crippen LogP contribution in [0.2, 0.25) is 0 Å². The fourth-order valence-electron chi connectivity index (χ4n) is 2.02. The van der Waals surface area contributed by atoms with Gasteiger partial charge in [-0.25, -0.2) is 0 Å². The first kappa shape index (κ1) is 13.5. The van der Waals surface area contributed by atoms with Gasteiger partial charge in [0.2, 0.25) is 0 Å². The number of rotatable bonds is 5. The van der Waals surface area contributed by atoms with Gasteiger partial charge in [0, 0.05) is 7.11 Å². The molecule has 1 saturated heterocycles. The number of hydrogen-bond donors (Lipinski definition) is 2. The lowest BCUT2D eigenvalue weighted by molar-refractivity contribution is -0.153. The van der Waals surface area contributed by atoms with E-state index in [1.54, 1.807) is 0 Å². The molecular formula is C13H18O5. The molecule has 1 heterocycles. The molecule has 1 aliphatic heterocycles. The summed E-state index contributed by atoms with van der Waals surface area (Å²) in [6.07, 6.45) is -2.78. The van der Waals surface area contributed by atoms with E-state index in [2.05, 4.69) is 0 Å². The molecule has 1 aromatic rings. The second-order valence-corrected chi connectivity index (χ2v) is 4.21. The van der Waals surface area contributed by atoms with Crippen molar-refractivity contribution >= 4 is 0 Å². The first-order valence-electron chi connectivity index (χ1n) is 5.89. The fourth-order valence-corrected chi connectivity index (χ4v) is 2.02. The van der Waals surface area contributed by atoms with Crippen LogP contribution in [0.3, 0.4) is 0 Å². The maximum Gasteiger partial charge on any atom is 0.186 e. The molecule has 1 aliphatic rings. The molecule has 0 amide bonds. The van der Waals surface area contributed by atoms with E-state index in [-0.39, 0.29) is 6.61 Å². The van der Waals surface area contributed by atoms with Crippen LogP contribution in [0.15, 0.2) is 30.3 Å². The zero-order valence-electron chi connectivity index (χ0n) is 10.2. The molecule has 18 heavy (non-hydrogen) atoms. The van der Waals surface area contributed by atoms with Crippen molar-refractivity contribution in [2.45, 2.75) is 31.2 Å². The minimum atomic E-state index is -0.893. The Balaban J connectivity index is 1.95. The number of aliphatic hydroxyl groups is 2. The molecule has 0 spiro atoms. The molecule has 0 aliphatic carbocycles. The van der Waals surface area contributed by atoms with Gasteiger partial charge in [0.15, 0.2) is 6.29 Å². The molecule has 100 valence electrons. The molecular weight excluding hydrogens is 236 g/mol. The molecule has 5 heteroatoms. The van der Waals surface area contributed by atoms with Crippen molar-refractivity contribution in [2.75, 3.05) is 13.7 Å². The van der Waals surface area contributed by atoms with Crippen molar-refractivity contribution < 1.29 is 24.4 Å². The van der Waals surface area contributed by atoms with E-state index in [0.29, 0.717) is 6.61 Å². The van der Waals surface area contributed by atoms with E-state index < -0.39 is 24.6 Å². The van der Waals surface area contributed by atoms with E-state index in [9.17, 15) is 10.2 Å². The number of hydrogen-bond acceptors (Lipinski definition) is 5. The van der Waals surface area contributed by atoms with Crippen molar-refractivity contribution in [3.63, 3.8) is 0 Å². The van der Waals surface area contributed by atoms with Crippen LogP contribution in [-0.4, -0.2) is 48.5 Å². The maximum absolute atomic E-state index is 9.94. The second-order valence-electron chi connectivity index (χ2n) is 4.21. The Kier molecular flexibility index (Phi) is 4.68. The lowest BCUT2D eigenvalue weighted by Gasteiger charge is -2.19. The summed E-state index contributed by atoms with van der Waals surface area (Å²) in [5.41, 5.74) is 1.00. The molecule has 0 radical (unpaired) electrons. The number of aliphatic hydroxyl groups excluding tert-OH is 2. The molecule has 0 aromatic heterocycles. The van der Waals surface area contributed by atoms with E-state index in [0.717, 1.165) is 5.56 Å². The third kappa shape index (κ3) is 2.88. The maximum atomic E-state index is 9.94. The highest BCUT2D eigenvalue weighted by atomic mass is 16.7. The molecule has 0 saturated carbocycles. The summed E-state index contributed by atoms with van der Waals surface area (Å²) < 4.78 is 15.9. The predicted octanol–water partition coefficient (Wildman–Crippen LogP) is 0.296. The lowest BCUT2D eigenvalue weighted by atomic mass is 10.1. The first-order valence-corrected chi connectivity index (χ1v) is 5.89. The van der Waals surface area contributed by atoms with Gasteiger partial charge in [-0.2, -0.15) is 0 Å². The van der Waals surface area contributed by atoms with Gasteiger partial charge in [0.25, 0.3) is 0 Å². The number of ether oxygens (including phenoxy) is 3. The van der Waals surface area contributed by atoms with E-state index >= 15 is 0 Å².